The number of rotatable bonds is 16. The molecular formula is C26H38N2O3S. The highest BCUT2D eigenvalue weighted by atomic mass is 32.1. The fourth-order valence-electron chi connectivity index (χ4n) is 3.88. The molecule has 0 saturated heterocycles. The van der Waals surface area contributed by atoms with E-state index in [-0.39, 0.29) is 22.1 Å². The van der Waals surface area contributed by atoms with E-state index in [0.717, 1.165) is 12.8 Å². The summed E-state index contributed by atoms with van der Waals surface area (Å²) in [5, 5.41) is 3.26. The Balaban J connectivity index is 1.59. The van der Waals surface area contributed by atoms with Crippen molar-refractivity contribution >= 4 is 39.8 Å². The highest BCUT2D eigenvalue weighted by Crippen LogP contribution is 2.19. The van der Waals surface area contributed by atoms with Gasteiger partial charge in [0.25, 0.3) is 0 Å². The number of unbranched alkanes of at least 4 members (excludes halogenated alkanes) is 12. The third-order valence-corrected chi connectivity index (χ3v) is 5.96. The largest absolute Gasteiger partial charge is 0.453 e. The maximum Gasteiger partial charge on any atom is 0.224 e. The second-order valence-electron chi connectivity index (χ2n) is 8.59. The van der Waals surface area contributed by atoms with Gasteiger partial charge in [-0.2, -0.15) is 0 Å². The first-order valence-electron chi connectivity index (χ1n) is 12.2. The van der Waals surface area contributed by atoms with Crippen LogP contribution in [0.3, 0.4) is 0 Å². The fraction of sp³-hybridized carbons (Fsp3) is 0.577. The SMILES string of the molecule is CCCCCCCCCCCCCCCC(=O)Nc1ccc2oc(C(N)=S)cc(=O)c2c1. The summed E-state index contributed by atoms with van der Waals surface area (Å²) in [6.07, 6.45) is 17.1. The van der Waals surface area contributed by atoms with Gasteiger partial charge in [0.2, 0.25) is 5.91 Å². The summed E-state index contributed by atoms with van der Waals surface area (Å²) in [6.45, 7) is 2.26. The summed E-state index contributed by atoms with van der Waals surface area (Å²) in [5.41, 5.74) is 6.29. The molecule has 1 aromatic carbocycles. The van der Waals surface area contributed by atoms with Crippen molar-refractivity contribution in [3.63, 3.8) is 0 Å². The minimum absolute atomic E-state index is 0.0310. The van der Waals surface area contributed by atoms with Gasteiger partial charge in [-0.25, -0.2) is 0 Å². The van der Waals surface area contributed by atoms with Gasteiger partial charge in [-0.1, -0.05) is 96.2 Å². The average Bonchev–Trinajstić information content (AvgIpc) is 2.77. The first kappa shape index (κ1) is 26.0. The molecule has 1 aromatic heterocycles. The summed E-state index contributed by atoms with van der Waals surface area (Å²) in [4.78, 5) is 24.5. The van der Waals surface area contributed by atoms with Gasteiger partial charge in [0.15, 0.2) is 11.2 Å². The molecule has 0 atom stereocenters. The average molecular weight is 459 g/mol. The number of fused-ring (bicyclic) bond motifs is 1. The summed E-state index contributed by atoms with van der Waals surface area (Å²) >= 11 is 4.86. The molecule has 0 aliphatic rings. The van der Waals surface area contributed by atoms with Crippen LogP contribution in [-0.4, -0.2) is 10.9 Å². The Morgan fingerprint density at radius 1 is 0.906 bits per heavy atom. The number of hydrogen-bond acceptors (Lipinski definition) is 4. The molecule has 0 radical (unpaired) electrons. The predicted molar refractivity (Wildman–Crippen MR) is 137 cm³/mol. The van der Waals surface area contributed by atoms with Crippen molar-refractivity contribution in [1.29, 1.82) is 0 Å². The van der Waals surface area contributed by atoms with Gasteiger partial charge in [-0.15, -0.1) is 0 Å². The van der Waals surface area contributed by atoms with Crippen molar-refractivity contribution in [3.8, 4) is 0 Å². The fourth-order valence-corrected chi connectivity index (χ4v) is 3.98. The Morgan fingerprint density at radius 2 is 1.47 bits per heavy atom. The molecule has 5 nitrogen and oxygen atoms in total. The Bertz CT molecular complexity index is 923. The maximum atomic E-state index is 12.3. The van der Waals surface area contributed by atoms with Crippen LogP contribution in [0.25, 0.3) is 11.0 Å². The Hall–Kier alpha value is -2.21. The molecule has 1 heterocycles. The van der Waals surface area contributed by atoms with Gasteiger partial charge in [-0.05, 0) is 24.6 Å². The normalized spacial score (nSPS) is 11.0. The molecule has 0 aliphatic heterocycles. The van der Waals surface area contributed by atoms with E-state index in [1.54, 1.807) is 18.2 Å². The first-order chi connectivity index (χ1) is 15.5. The van der Waals surface area contributed by atoms with E-state index >= 15 is 0 Å². The molecule has 32 heavy (non-hydrogen) atoms. The molecule has 0 bridgehead atoms. The molecule has 0 unspecified atom stereocenters. The van der Waals surface area contributed by atoms with Gasteiger partial charge in [0.05, 0.1) is 5.39 Å². The van der Waals surface area contributed by atoms with Crippen LogP contribution in [0, 0.1) is 0 Å². The van der Waals surface area contributed by atoms with Crippen molar-refractivity contribution in [2.75, 3.05) is 5.32 Å². The van der Waals surface area contributed by atoms with Crippen LogP contribution in [0.1, 0.15) is 103 Å². The summed E-state index contributed by atoms with van der Waals surface area (Å²) in [5.74, 6) is 0.160. The highest BCUT2D eigenvalue weighted by molar-refractivity contribution is 7.80. The molecule has 0 saturated carbocycles. The lowest BCUT2D eigenvalue weighted by Gasteiger charge is -2.07. The number of amides is 1. The van der Waals surface area contributed by atoms with Gasteiger partial charge >= 0.3 is 0 Å². The zero-order chi connectivity index (χ0) is 23.2. The molecule has 1 amide bonds. The van der Waals surface area contributed by atoms with Crippen molar-refractivity contribution in [2.24, 2.45) is 5.73 Å². The minimum Gasteiger partial charge on any atom is -0.453 e. The van der Waals surface area contributed by atoms with Gasteiger partial charge < -0.3 is 15.5 Å². The van der Waals surface area contributed by atoms with Crippen molar-refractivity contribution in [1.82, 2.24) is 0 Å². The molecule has 2 aromatic rings. The summed E-state index contributed by atoms with van der Waals surface area (Å²) in [6, 6.07) is 6.28. The van der Waals surface area contributed by atoms with Crippen LogP contribution >= 0.6 is 12.2 Å². The number of nitrogens with two attached hydrogens (primary N) is 1. The van der Waals surface area contributed by atoms with Gasteiger partial charge in [0, 0.05) is 18.2 Å². The quantitative estimate of drug-likeness (QED) is 0.212. The smallest absolute Gasteiger partial charge is 0.224 e. The Labute approximate surface area is 197 Å². The van der Waals surface area contributed by atoms with Crippen LogP contribution in [0.4, 0.5) is 5.69 Å². The number of thiocarbonyl (C=S) groups is 1. The van der Waals surface area contributed by atoms with Crippen LogP contribution in [0.15, 0.2) is 33.5 Å². The van der Waals surface area contributed by atoms with Crippen molar-refractivity contribution < 1.29 is 9.21 Å². The molecule has 2 rings (SSSR count). The zero-order valence-corrected chi connectivity index (χ0v) is 20.2. The highest BCUT2D eigenvalue weighted by Gasteiger charge is 2.09. The number of carbonyl (C=O) groups excluding carboxylic acids is 1. The van der Waals surface area contributed by atoms with Gasteiger partial charge in [0.1, 0.15) is 10.6 Å². The van der Waals surface area contributed by atoms with Crippen LogP contribution in [-0.2, 0) is 4.79 Å². The predicted octanol–water partition coefficient (Wildman–Crippen LogP) is 6.85. The monoisotopic (exact) mass is 458 g/mol. The molecule has 176 valence electrons. The van der Waals surface area contributed by atoms with E-state index in [2.05, 4.69) is 12.2 Å². The lowest BCUT2D eigenvalue weighted by atomic mass is 10.0. The number of carbonyl (C=O) groups is 1. The standard InChI is InChI=1S/C26H38N2O3S/c1-2-3-4-5-6-7-8-9-10-11-12-13-14-15-25(30)28-20-16-17-23-21(18-20)22(29)19-24(31-23)26(27)32/h16-19H,2-15H2,1H3,(H2,27,32)(H,28,30). The van der Waals surface area contributed by atoms with E-state index in [0.29, 0.717) is 23.1 Å². The number of hydrogen-bond donors (Lipinski definition) is 2. The number of benzene rings is 1. The van der Waals surface area contributed by atoms with Crippen LogP contribution in [0.2, 0.25) is 0 Å². The second kappa shape index (κ2) is 14.8. The molecule has 6 heteroatoms. The second-order valence-corrected chi connectivity index (χ2v) is 9.03. The Kier molecular flexibility index (Phi) is 12.0. The van der Waals surface area contributed by atoms with Crippen LogP contribution in [0.5, 0.6) is 0 Å². The molecule has 0 aliphatic carbocycles. The van der Waals surface area contributed by atoms with Crippen LogP contribution < -0.4 is 16.5 Å². The minimum atomic E-state index is -0.235. The van der Waals surface area contributed by atoms with Gasteiger partial charge in [-0.3, -0.25) is 9.59 Å². The van der Waals surface area contributed by atoms with Crippen molar-refractivity contribution in [2.45, 2.75) is 96.8 Å². The van der Waals surface area contributed by atoms with E-state index in [4.69, 9.17) is 22.4 Å². The third-order valence-electron chi connectivity index (χ3n) is 5.76. The number of nitrogens with one attached hydrogen (secondary N) is 1. The molecule has 0 spiro atoms. The Morgan fingerprint density at radius 3 is 2.03 bits per heavy atom. The summed E-state index contributed by atoms with van der Waals surface area (Å²) in [7, 11) is 0. The van der Waals surface area contributed by atoms with E-state index in [1.807, 2.05) is 0 Å². The molecular weight excluding hydrogens is 420 g/mol. The molecule has 0 fully saturated rings. The zero-order valence-electron chi connectivity index (χ0n) is 19.4. The third kappa shape index (κ3) is 9.51. The van der Waals surface area contributed by atoms with E-state index in [1.165, 1.54) is 76.7 Å². The lowest BCUT2D eigenvalue weighted by molar-refractivity contribution is -0.116. The number of anilines is 1. The first-order valence-corrected chi connectivity index (χ1v) is 12.6. The maximum absolute atomic E-state index is 12.3. The lowest BCUT2D eigenvalue weighted by Crippen LogP contribution is -2.14. The summed E-state index contributed by atoms with van der Waals surface area (Å²) < 4.78 is 5.54. The van der Waals surface area contributed by atoms with E-state index in [9.17, 15) is 9.59 Å². The van der Waals surface area contributed by atoms with Crippen molar-refractivity contribution in [3.05, 3.63) is 40.2 Å². The molecule has 3 N–H and O–H groups in total. The van der Waals surface area contributed by atoms with E-state index < -0.39 is 0 Å². The topological polar surface area (TPSA) is 85.3 Å².